The average Bonchev–Trinajstić information content (AvgIpc) is 2.97. The van der Waals surface area contributed by atoms with Gasteiger partial charge < -0.3 is 5.32 Å². The Labute approximate surface area is 117 Å². The summed E-state index contributed by atoms with van der Waals surface area (Å²) in [4.78, 5) is 12.0. The number of aromatic nitrogens is 4. The lowest BCUT2D eigenvalue weighted by Crippen LogP contribution is -2.11. The van der Waals surface area contributed by atoms with E-state index >= 15 is 0 Å². The number of halogens is 1. The zero-order valence-electron chi connectivity index (χ0n) is 9.79. The third-order valence-electron chi connectivity index (χ3n) is 2.62. The van der Waals surface area contributed by atoms with Gasteiger partial charge in [0.05, 0.1) is 23.5 Å². The number of hydrogen-bond donors (Lipinski definition) is 1. The molecular formula is C11H8ClN5OS. The molecule has 1 N–H and O–H groups in total. The van der Waals surface area contributed by atoms with Crippen LogP contribution in [0.5, 0.6) is 0 Å². The largest absolute Gasteiger partial charge is 0.322 e. The highest BCUT2D eigenvalue weighted by Crippen LogP contribution is 2.19. The third kappa shape index (κ3) is 2.18. The summed E-state index contributed by atoms with van der Waals surface area (Å²) in [5.74, 6) is -0.305. The van der Waals surface area contributed by atoms with Crippen LogP contribution in [0.1, 0.15) is 10.4 Å². The van der Waals surface area contributed by atoms with Crippen molar-refractivity contribution in [3.05, 3.63) is 35.1 Å². The quantitative estimate of drug-likeness (QED) is 0.787. The molecule has 0 fully saturated rings. The Morgan fingerprint density at radius 2 is 2.16 bits per heavy atom. The third-order valence-corrected chi connectivity index (χ3v) is 3.63. The average molecular weight is 294 g/mol. The van der Waals surface area contributed by atoms with Gasteiger partial charge in [-0.1, -0.05) is 11.6 Å². The van der Waals surface area contributed by atoms with Crippen molar-refractivity contribution in [1.29, 1.82) is 0 Å². The molecule has 0 bridgehead atoms. The number of carbonyl (C=O) groups is 1. The highest BCUT2D eigenvalue weighted by atomic mass is 35.5. The number of nitrogens with zero attached hydrogens (tertiary/aromatic N) is 4. The van der Waals surface area contributed by atoms with Gasteiger partial charge in [-0.05, 0) is 18.2 Å². The first kappa shape index (κ1) is 12.1. The van der Waals surface area contributed by atoms with Crippen molar-refractivity contribution >= 4 is 46.0 Å². The summed E-state index contributed by atoms with van der Waals surface area (Å²) >= 11 is 7.10. The second-order valence-electron chi connectivity index (χ2n) is 3.89. The standard InChI is InChI=1S/C11H8ClN5OS/c1-17-10(12)7(5-13-17)11(18)14-6-2-3-8-9(4-6)16-19-15-8/h2-5H,1H3,(H,14,18). The molecule has 0 radical (unpaired) electrons. The highest BCUT2D eigenvalue weighted by molar-refractivity contribution is 7.00. The van der Waals surface area contributed by atoms with E-state index in [0.717, 1.165) is 22.8 Å². The van der Waals surface area contributed by atoms with Crippen LogP contribution in [-0.2, 0) is 7.05 Å². The normalized spacial score (nSPS) is 10.8. The number of aryl methyl sites for hydroxylation is 1. The Morgan fingerprint density at radius 3 is 2.89 bits per heavy atom. The van der Waals surface area contributed by atoms with Gasteiger partial charge in [0.2, 0.25) is 0 Å². The summed E-state index contributed by atoms with van der Waals surface area (Å²) in [6, 6.07) is 5.34. The van der Waals surface area contributed by atoms with E-state index in [1.54, 1.807) is 25.2 Å². The zero-order valence-corrected chi connectivity index (χ0v) is 11.4. The number of fused-ring (bicyclic) bond motifs is 1. The Bertz CT molecular complexity index is 765. The van der Waals surface area contributed by atoms with E-state index in [9.17, 15) is 4.79 Å². The van der Waals surface area contributed by atoms with Gasteiger partial charge in [-0.3, -0.25) is 9.48 Å². The Balaban J connectivity index is 1.88. The molecule has 96 valence electrons. The Morgan fingerprint density at radius 1 is 1.37 bits per heavy atom. The topological polar surface area (TPSA) is 72.7 Å². The van der Waals surface area contributed by atoms with Gasteiger partial charge in [-0.25, -0.2) is 0 Å². The molecule has 3 aromatic rings. The smallest absolute Gasteiger partial charge is 0.260 e. The van der Waals surface area contributed by atoms with E-state index in [-0.39, 0.29) is 5.91 Å². The Hall–Kier alpha value is -1.99. The van der Waals surface area contributed by atoms with Crippen LogP contribution in [0.25, 0.3) is 11.0 Å². The van der Waals surface area contributed by atoms with E-state index < -0.39 is 0 Å². The number of rotatable bonds is 2. The first-order valence-corrected chi connectivity index (χ1v) is 6.47. The van der Waals surface area contributed by atoms with E-state index in [2.05, 4.69) is 19.2 Å². The lowest BCUT2D eigenvalue weighted by atomic mass is 10.2. The van der Waals surface area contributed by atoms with Crippen LogP contribution in [-0.4, -0.2) is 24.4 Å². The Kier molecular flexibility index (Phi) is 2.92. The molecular weight excluding hydrogens is 286 g/mol. The van der Waals surface area contributed by atoms with Gasteiger partial charge in [0.25, 0.3) is 5.91 Å². The fourth-order valence-electron chi connectivity index (χ4n) is 1.63. The van der Waals surface area contributed by atoms with E-state index in [0.29, 0.717) is 16.4 Å². The molecule has 0 spiro atoms. The molecule has 0 saturated heterocycles. The summed E-state index contributed by atoms with van der Waals surface area (Å²) in [5, 5.41) is 6.98. The van der Waals surface area contributed by atoms with Crippen LogP contribution in [0.4, 0.5) is 5.69 Å². The molecule has 0 unspecified atom stereocenters. The maximum absolute atomic E-state index is 12.0. The minimum absolute atomic E-state index is 0.300. The van der Waals surface area contributed by atoms with Crippen molar-refractivity contribution in [2.75, 3.05) is 5.32 Å². The first-order chi connectivity index (χ1) is 9.15. The van der Waals surface area contributed by atoms with Crippen molar-refractivity contribution < 1.29 is 4.79 Å². The van der Waals surface area contributed by atoms with Crippen molar-refractivity contribution in [3.63, 3.8) is 0 Å². The molecule has 0 aliphatic carbocycles. The summed E-state index contributed by atoms with van der Waals surface area (Å²) in [6.07, 6.45) is 1.43. The highest BCUT2D eigenvalue weighted by Gasteiger charge is 2.14. The maximum Gasteiger partial charge on any atom is 0.260 e. The first-order valence-electron chi connectivity index (χ1n) is 5.36. The number of benzene rings is 1. The number of hydrogen-bond acceptors (Lipinski definition) is 5. The summed E-state index contributed by atoms with van der Waals surface area (Å²) < 4.78 is 9.65. The number of anilines is 1. The van der Waals surface area contributed by atoms with Crippen LogP contribution in [0.3, 0.4) is 0 Å². The molecule has 2 heterocycles. The van der Waals surface area contributed by atoms with Crippen molar-refractivity contribution in [1.82, 2.24) is 18.5 Å². The number of carbonyl (C=O) groups excluding carboxylic acids is 1. The minimum atomic E-state index is -0.305. The van der Waals surface area contributed by atoms with Gasteiger partial charge in [-0.15, -0.1) is 0 Å². The summed E-state index contributed by atoms with van der Waals surface area (Å²) in [6.45, 7) is 0. The van der Waals surface area contributed by atoms with Crippen LogP contribution in [0, 0.1) is 0 Å². The number of amides is 1. The second-order valence-corrected chi connectivity index (χ2v) is 4.78. The lowest BCUT2D eigenvalue weighted by molar-refractivity contribution is 0.102. The molecule has 8 heteroatoms. The van der Waals surface area contributed by atoms with Crippen molar-refractivity contribution in [2.45, 2.75) is 0 Å². The monoisotopic (exact) mass is 293 g/mol. The van der Waals surface area contributed by atoms with Gasteiger partial charge in [0.15, 0.2) is 0 Å². The molecule has 0 saturated carbocycles. The molecule has 1 aromatic carbocycles. The van der Waals surface area contributed by atoms with Gasteiger partial charge >= 0.3 is 0 Å². The SMILES string of the molecule is Cn1ncc(C(=O)Nc2ccc3nsnc3c2)c1Cl. The minimum Gasteiger partial charge on any atom is -0.322 e. The maximum atomic E-state index is 12.0. The fourth-order valence-corrected chi connectivity index (χ4v) is 2.33. The van der Waals surface area contributed by atoms with Gasteiger partial charge in [0.1, 0.15) is 16.2 Å². The summed E-state index contributed by atoms with van der Waals surface area (Å²) in [5.41, 5.74) is 2.54. The van der Waals surface area contributed by atoms with E-state index in [4.69, 9.17) is 11.6 Å². The molecule has 3 rings (SSSR count). The molecule has 19 heavy (non-hydrogen) atoms. The van der Waals surface area contributed by atoms with Gasteiger partial charge in [-0.2, -0.15) is 13.8 Å². The predicted octanol–water partition coefficient (Wildman–Crippen LogP) is 2.33. The van der Waals surface area contributed by atoms with Crippen molar-refractivity contribution in [3.8, 4) is 0 Å². The van der Waals surface area contributed by atoms with Crippen LogP contribution in [0.15, 0.2) is 24.4 Å². The molecule has 1 amide bonds. The van der Waals surface area contributed by atoms with Gasteiger partial charge in [0, 0.05) is 12.7 Å². The molecule has 0 aliphatic heterocycles. The molecule has 0 atom stereocenters. The lowest BCUT2D eigenvalue weighted by Gasteiger charge is -2.03. The second kappa shape index (κ2) is 4.60. The van der Waals surface area contributed by atoms with Crippen LogP contribution < -0.4 is 5.32 Å². The van der Waals surface area contributed by atoms with Crippen LogP contribution >= 0.6 is 23.3 Å². The molecule has 2 aromatic heterocycles. The van der Waals surface area contributed by atoms with Crippen LogP contribution in [0.2, 0.25) is 5.15 Å². The van der Waals surface area contributed by atoms with Crippen molar-refractivity contribution in [2.24, 2.45) is 7.05 Å². The van der Waals surface area contributed by atoms with E-state index in [1.165, 1.54) is 10.9 Å². The number of nitrogens with one attached hydrogen (secondary N) is 1. The fraction of sp³-hybridized carbons (Fsp3) is 0.0909. The zero-order chi connectivity index (χ0) is 13.4. The summed E-state index contributed by atoms with van der Waals surface area (Å²) in [7, 11) is 1.67. The predicted molar refractivity (Wildman–Crippen MR) is 73.6 cm³/mol. The molecule has 0 aliphatic rings. The van der Waals surface area contributed by atoms with E-state index in [1.807, 2.05) is 0 Å². The molecule has 6 nitrogen and oxygen atoms in total.